The number of carbonyl (C=O) groups is 1. The van der Waals surface area contributed by atoms with Crippen molar-refractivity contribution in [3.05, 3.63) is 61.5 Å². The summed E-state index contributed by atoms with van der Waals surface area (Å²) in [7, 11) is 0. The first-order chi connectivity index (χ1) is 14.5. The van der Waals surface area contributed by atoms with Gasteiger partial charge in [-0.2, -0.15) is 13.2 Å². The first-order valence-corrected chi connectivity index (χ1v) is 11.0. The van der Waals surface area contributed by atoms with Crippen LogP contribution in [0, 0.1) is 0 Å². The molecular weight excluding hydrogens is 495 g/mol. The molecule has 2 aromatic carbocycles. The summed E-state index contributed by atoms with van der Waals surface area (Å²) >= 11 is 24.3. The molecule has 31 heavy (non-hydrogen) atoms. The number of nitrogens with one attached hydrogen (secondary N) is 1. The molecule has 0 saturated carbocycles. The molecular formula is C21H19Cl4F3N2O. The van der Waals surface area contributed by atoms with Crippen LogP contribution in [-0.4, -0.2) is 25.2 Å². The summed E-state index contributed by atoms with van der Waals surface area (Å²) in [6.45, 7) is 1.84. The molecule has 1 unspecified atom stereocenters. The fraction of sp³-hybridized carbons (Fsp3) is 0.381. The zero-order valence-electron chi connectivity index (χ0n) is 16.4. The molecule has 1 fully saturated rings. The van der Waals surface area contributed by atoms with E-state index in [1.54, 1.807) is 30.0 Å². The van der Waals surface area contributed by atoms with Gasteiger partial charge in [-0.1, -0.05) is 59.4 Å². The zero-order valence-corrected chi connectivity index (χ0v) is 19.4. The highest BCUT2D eigenvalue weighted by Gasteiger charge is 2.59. The topological polar surface area (TPSA) is 32.3 Å². The molecule has 3 rings (SSSR count). The number of halogens is 7. The van der Waals surface area contributed by atoms with Crippen molar-refractivity contribution in [2.45, 2.75) is 37.9 Å². The van der Waals surface area contributed by atoms with Gasteiger partial charge in [0.15, 0.2) is 0 Å². The molecule has 2 aromatic rings. The number of alkyl halides is 3. The molecule has 0 bridgehead atoms. The molecule has 1 aliphatic rings. The van der Waals surface area contributed by atoms with Crippen molar-refractivity contribution in [3.8, 4) is 0 Å². The van der Waals surface area contributed by atoms with Crippen molar-refractivity contribution < 1.29 is 18.0 Å². The van der Waals surface area contributed by atoms with Crippen LogP contribution < -0.4 is 10.2 Å². The van der Waals surface area contributed by atoms with Gasteiger partial charge in [0.1, 0.15) is 5.41 Å². The van der Waals surface area contributed by atoms with Crippen LogP contribution in [0.2, 0.25) is 20.1 Å². The number of benzene rings is 2. The van der Waals surface area contributed by atoms with Crippen LogP contribution in [0.4, 0.5) is 18.9 Å². The van der Waals surface area contributed by atoms with E-state index in [-0.39, 0.29) is 52.6 Å². The highest BCUT2D eigenvalue weighted by Crippen LogP contribution is 2.50. The van der Waals surface area contributed by atoms with Crippen LogP contribution in [0.5, 0.6) is 0 Å². The maximum Gasteiger partial charge on any atom is 0.400 e. The van der Waals surface area contributed by atoms with E-state index in [1.165, 1.54) is 12.1 Å². The van der Waals surface area contributed by atoms with E-state index in [9.17, 15) is 18.0 Å². The average molecular weight is 514 g/mol. The number of nitrogens with zero attached hydrogens (tertiary/aromatic N) is 1. The Bertz CT molecular complexity index is 976. The van der Waals surface area contributed by atoms with E-state index < -0.39 is 11.6 Å². The average Bonchev–Trinajstić information content (AvgIpc) is 3.17. The van der Waals surface area contributed by atoms with Crippen molar-refractivity contribution in [2.75, 3.05) is 18.0 Å². The number of carbonyl (C=O) groups excluding carboxylic acids is 1. The molecule has 10 heteroatoms. The van der Waals surface area contributed by atoms with E-state index in [1.807, 2.05) is 0 Å². The third-order valence-corrected chi connectivity index (χ3v) is 7.10. The third kappa shape index (κ3) is 4.87. The first-order valence-electron chi connectivity index (χ1n) is 9.50. The zero-order chi connectivity index (χ0) is 23.0. The van der Waals surface area contributed by atoms with Crippen LogP contribution >= 0.6 is 46.4 Å². The van der Waals surface area contributed by atoms with Gasteiger partial charge in [0.25, 0.3) is 0 Å². The van der Waals surface area contributed by atoms with Crippen LogP contribution in [0.3, 0.4) is 0 Å². The lowest BCUT2D eigenvalue weighted by Gasteiger charge is -2.33. The highest BCUT2D eigenvalue weighted by atomic mass is 35.5. The van der Waals surface area contributed by atoms with Crippen LogP contribution in [-0.2, 0) is 16.8 Å². The Hall–Kier alpha value is -1.34. The summed E-state index contributed by atoms with van der Waals surface area (Å²) in [5.74, 6) is -0.116. The number of hydrogen-bond donors (Lipinski definition) is 1. The largest absolute Gasteiger partial charge is 0.400 e. The van der Waals surface area contributed by atoms with Crippen LogP contribution in [0.15, 0.2) is 30.3 Å². The predicted octanol–water partition coefficient (Wildman–Crippen LogP) is 7.04. The standard InChI is InChI=1S/C21H19Cl4F3N2O/c1-2-18(31)29-10-12-3-4-14(9-15(12)22)30-6-5-20(11-30,21(26,27)28)13-7-16(23)19(25)17(24)8-13/h3-4,7-9H,2,5-6,10-11H2,1H3,(H,29,31). The third-order valence-electron chi connectivity index (χ3n) is 5.55. The van der Waals surface area contributed by atoms with Gasteiger partial charge in [-0.05, 0) is 41.8 Å². The summed E-state index contributed by atoms with van der Waals surface area (Å²) in [6.07, 6.45) is -4.35. The van der Waals surface area contributed by atoms with Crippen molar-refractivity contribution in [3.63, 3.8) is 0 Å². The van der Waals surface area contributed by atoms with Gasteiger partial charge in [-0.15, -0.1) is 0 Å². The Morgan fingerprint density at radius 2 is 1.74 bits per heavy atom. The van der Waals surface area contributed by atoms with E-state index in [0.29, 0.717) is 22.7 Å². The second kappa shape index (κ2) is 9.26. The van der Waals surface area contributed by atoms with E-state index in [2.05, 4.69) is 5.32 Å². The molecule has 3 nitrogen and oxygen atoms in total. The minimum absolute atomic E-state index is 0.0206. The van der Waals surface area contributed by atoms with Gasteiger partial charge in [0, 0.05) is 36.8 Å². The second-order valence-corrected chi connectivity index (χ2v) is 9.01. The summed E-state index contributed by atoms with van der Waals surface area (Å²) in [5.41, 5.74) is -0.921. The number of rotatable bonds is 5. The quantitative estimate of drug-likeness (QED) is 0.435. The summed E-state index contributed by atoms with van der Waals surface area (Å²) in [6, 6.07) is 7.49. The summed E-state index contributed by atoms with van der Waals surface area (Å²) in [4.78, 5) is 13.1. The second-order valence-electron chi connectivity index (χ2n) is 7.41. The lowest BCUT2D eigenvalue weighted by molar-refractivity contribution is -0.184. The fourth-order valence-electron chi connectivity index (χ4n) is 3.69. The Balaban J connectivity index is 1.90. The lowest BCUT2D eigenvalue weighted by Crippen LogP contribution is -2.44. The monoisotopic (exact) mass is 512 g/mol. The van der Waals surface area contributed by atoms with Crippen molar-refractivity contribution in [1.29, 1.82) is 0 Å². The van der Waals surface area contributed by atoms with Crippen molar-refractivity contribution in [2.24, 2.45) is 0 Å². The Labute approximate surface area is 198 Å². The Kier molecular flexibility index (Phi) is 7.26. The predicted molar refractivity (Wildman–Crippen MR) is 120 cm³/mol. The number of hydrogen-bond acceptors (Lipinski definition) is 2. The van der Waals surface area contributed by atoms with Gasteiger partial charge in [0.05, 0.1) is 15.1 Å². The lowest BCUT2D eigenvalue weighted by atomic mass is 9.79. The molecule has 0 aromatic heterocycles. The van der Waals surface area contributed by atoms with Crippen molar-refractivity contribution in [1.82, 2.24) is 5.32 Å². The summed E-state index contributed by atoms with van der Waals surface area (Å²) < 4.78 is 42.9. The van der Waals surface area contributed by atoms with Gasteiger partial charge < -0.3 is 10.2 Å². The molecule has 0 spiro atoms. The van der Waals surface area contributed by atoms with Gasteiger partial charge in [-0.25, -0.2) is 0 Å². The molecule has 1 aliphatic heterocycles. The van der Waals surface area contributed by atoms with Crippen molar-refractivity contribution >= 4 is 58.0 Å². The molecule has 1 saturated heterocycles. The van der Waals surface area contributed by atoms with Crippen LogP contribution in [0.25, 0.3) is 0 Å². The maximum atomic E-state index is 14.3. The normalized spacial score (nSPS) is 19.0. The Morgan fingerprint density at radius 1 is 1.10 bits per heavy atom. The maximum absolute atomic E-state index is 14.3. The smallest absolute Gasteiger partial charge is 0.370 e. The highest BCUT2D eigenvalue weighted by molar-refractivity contribution is 6.48. The van der Waals surface area contributed by atoms with Gasteiger partial charge >= 0.3 is 6.18 Å². The van der Waals surface area contributed by atoms with E-state index in [0.717, 1.165) is 0 Å². The molecule has 168 valence electrons. The molecule has 1 amide bonds. The molecule has 1 N–H and O–H groups in total. The van der Waals surface area contributed by atoms with Gasteiger partial charge in [-0.3, -0.25) is 4.79 Å². The fourth-order valence-corrected chi connectivity index (χ4v) is 4.53. The van der Waals surface area contributed by atoms with Gasteiger partial charge in [0.2, 0.25) is 5.91 Å². The first kappa shape index (κ1) is 24.3. The van der Waals surface area contributed by atoms with E-state index in [4.69, 9.17) is 46.4 Å². The minimum atomic E-state index is -4.53. The van der Waals surface area contributed by atoms with E-state index >= 15 is 0 Å². The van der Waals surface area contributed by atoms with Crippen LogP contribution in [0.1, 0.15) is 30.9 Å². The Morgan fingerprint density at radius 3 is 2.29 bits per heavy atom. The molecule has 1 heterocycles. The number of anilines is 1. The molecule has 0 aliphatic carbocycles. The minimum Gasteiger partial charge on any atom is -0.370 e. The number of amides is 1. The molecule has 0 radical (unpaired) electrons. The summed E-state index contributed by atoms with van der Waals surface area (Å²) in [5, 5.41) is 3.08. The molecule has 1 atom stereocenters. The SMILES string of the molecule is CCC(=O)NCc1ccc(N2CCC(c3cc(Cl)c(Cl)c(Cl)c3)(C(F)(F)F)C2)cc1Cl.